The minimum atomic E-state index is 0.0897. The molecule has 0 aliphatic heterocycles. The van der Waals surface area contributed by atoms with E-state index in [1.807, 2.05) is 0 Å². The molecule has 0 unspecified atom stereocenters. The topological polar surface area (TPSA) is 0 Å². The Morgan fingerprint density at radius 1 is 1.12 bits per heavy atom. The smallest absolute Gasteiger partial charge is 0.0913 e. The third kappa shape index (κ3) is 4.79. The van der Waals surface area contributed by atoms with Crippen LogP contribution < -0.4 is 0 Å². The maximum absolute atomic E-state index is 5.34. The van der Waals surface area contributed by atoms with Crippen LogP contribution in [0.1, 0.15) is 0 Å². The van der Waals surface area contributed by atoms with Crippen LogP contribution in [0.3, 0.4) is 0 Å². The quantitative estimate of drug-likeness (QED) is 0.556. The largest absolute Gasteiger partial charge is 0.108 e. The van der Waals surface area contributed by atoms with Gasteiger partial charge in [-0.3, -0.25) is 0 Å². The van der Waals surface area contributed by atoms with Gasteiger partial charge in [0.15, 0.2) is 0 Å². The van der Waals surface area contributed by atoms with Crippen molar-refractivity contribution in [1.82, 2.24) is 0 Å². The summed E-state index contributed by atoms with van der Waals surface area (Å²) >= 11 is 20.9. The van der Waals surface area contributed by atoms with Crippen molar-refractivity contribution in [3.05, 3.63) is 21.1 Å². The van der Waals surface area contributed by atoms with E-state index >= 15 is 0 Å². The molecule has 0 aromatic heterocycles. The second kappa shape index (κ2) is 4.51. The molecule has 0 aromatic carbocycles. The molecule has 0 saturated heterocycles. The number of hydrogen-bond donors (Lipinski definition) is 0. The summed E-state index contributed by atoms with van der Waals surface area (Å²) in [7, 11) is 0. The van der Waals surface area contributed by atoms with Gasteiger partial charge < -0.3 is 0 Å². The van der Waals surface area contributed by atoms with Crippen molar-refractivity contribution >= 4 is 46.4 Å². The van der Waals surface area contributed by atoms with Crippen LogP contribution in [0, 0.1) is 0 Å². The molecular formula is C4H2Cl4. The maximum atomic E-state index is 5.34. The molecule has 0 bridgehead atoms. The van der Waals surface area contributed by atoms with Crippen molar-refractivity contribution in [2.75, 3.05) is 0 Å². The van der Waals surface area contributed by atoms with Crippen molar-refractivity contribution in [2.24, 2.45) is 0 Å². The van der Waals surface area contributed by atoms with Crippen molar-refractivity contribution in [3.8, 4) is 0 Å². The molecule has 0 saturated carbocycles. The lowest BCUT2D eigenvalue weighted by molar-refractivity contribution is 1.95. The highest BCUT2D eigenvalue weighted by Gasteiger charge is 1.85. The van der Waals surface area contributed by atoms with Gasteiger partial charge in [-0.2, -0.15) is 0 Å². The summed E-state index contributed by atoms with van der Waals surface area (Å²) in [4.78, 5) is 0. The van der Waals surface area contributed by atoms with E-state index in [1.165, 1.54) is 11.6 Å². The van der Waals surface area contributed by atoms with E-state index in [4.69, 9.17) is 46.4 Å². The number of halogens is 4. The summed E-state index contributed by atoms with van der Waals surface area (Å²) in [6.45, 7) is 0. The lowest BCUT2D eigenvalue weighted by Gasteiger charge is -1.81. The molecule has 0 aromatic rings. The van der Waals surface area contributed by atoms with Gasteiger partial charge in [-0.15, -0.1) is 0 Å². The van der Waals surface area contributed by atoms with Gasteiger partial charge >= 0.3 is 0 Å². The van der Waals surface area contributed by atoms with Gasteiger partial charge in [-0.25, -0.2) is 0 Å². The van der Waals surface area contributed by atoms with Crippen LogP contribution in [-0.2, 0) is 0 Å². The van der Waals surface area contributed by atoms with Crippen molar-refractivity contribution in [2.45, 2.75) is 0 Å². The number of hydrogen-bond acceptors (Lipinski definition) is 0. The molecular weight excluding hydrogens is 190 g/mol. The first kappa shape index (κ1) is 8.64. The summed E-state index contributed by atoms with van der Waals surface area (Å²) in [5.74, 6) is 0. The van der Waals surface area contributed by atoms with Gasteiger partial charge in [-0.05, 0) is 6.08 Å². The Morgan fingerprint density at radius 2 is 1.62 bits per heavy atom. The summed E-state index contributed by atoms with van der Waals surface area (Å²) in [5.41, 5.74) is 1.17. The van der Waals surface area contributed by atoms with Gasteiger partial charge in [-0.1, -0.05) is 46.4 Å². The van der Waals surface area contributed by atoms with Gasteiger partial charge in [0.05, 0.1) is 5.03 Å². The second-order valence-corrected chi connectivity index (χ2v) is 2.59. The Labute approximate surface area is 67.7 Å². The van der Waals surface area contributed by atoms with Crippen LogP contribution in [0.25, 0.3) is 0 Å². The van der Waals surface area contributed by atoms with Crippen LogP contribution >= 0.6 is 46.4 Å². The molecule has 0 atom stereocenters. The number of allylic oxidation sites excluding steroid dienone is 2. The van der Waals surface area contributed by atoms with E-state index in [-0.39, 0.29) is 4.49 Å². The molecule has 8 heavy (non-hydrogen) atoms. The Balaban J connectivity index is 3.89. The highest BCUT2D eigenvalue weighted by atomic mass is 35.5. The monoisotopic (exact) mass is 190 g/mol. The first-order chi connectivity index (χ1) is 3.66. The lowest BCUT2D eigenvalue weighted by Crippen LogP contribution is -1.57. The highest BCUT2D eigenvalue weighted by Crippen LogP contribution is 2.13. The third-order valence-corrected chi connectivity index (χ3v) is 1.13. The molecule has 0 rings (SSSR count). The van der Waals surface area contributed by atoms with Gasteiger partial charge in [0.25, 0.3) is 0 Å². The van der Waals surface area contributed by atoms with Gasteiger partial charge in [0, 0.05) is 5.54 Å². The second-order valence-electron chi connectivity index (χ2n) is 0.928. The molecule has 46 valence electrons. The zero-order valence-corrected chi connectivity index (χ0v) is 6.69. The fraction of sp³-hybridized carbons (Fsp3) is 0. The molecule has 0 heterocycles. The Hall–Kier alpha value is 0.640. The number of rotatable bonds is 1. The van der Waals surface area contributed by atoms with E-state index in [1.54, 1.807) is 0 Å². The standard InChI is InChI=1S/C4H2Cl4/c5-2-3(6)1-4(7)8/h1-2H/b3-2+. The summed E-state index contributed by atoms with van der Waals surface area (Å²) < 4.78 is 0.0897. The molecule has 0 aliphatic rings. The van der Waals surface area contributed by atoms with Crippen LogP contribution in [-0.4, -0.2) is 0 Å². The SMILES string of the molecule is Cl/C=C(/Cl)C=C(Cl)Cl. The van der Waals surface area contributed by atoms with E-state index in [0.29, 0.717) is 5.03 Å². The van der Waals surface area contributed by atoms with E-state index in [2.05, 4.69) is 0 Å². The Bertz CT molecular complexity index is 120. The van der Waals surface area contributed by atoms with Gasteiger partial charge in [0.1, 0.15) is 4.49 Å². The minimum Gasteiger partial charge on any atom is -0.0913 e. The Morgan fingerprint density at radius 3 is 1.75 bits per heavy atom. The molecule has 4 heteroatoms. The molecule has 0 spiro atoms. The first-order valence-corrected chi connectivity index (χ1v) is 3.22. The van der Waals surface area contributed by atoms with Crippen LogP contribution in [0.5, 0.6) is 0 Å². The van der Waals surface area contributed by atoms with Crippen LogP contribution in [0.15, 0.2) is 21.1 Å². The maximum Gasteiger partial charge on any atom is 0.108 e. The van der Waals surface area contributed by atoms with Crippen molar-refractivity contribution in [1.29, 1.82) is 0 Å². The Kier molecular flexibility index (Phi) is 4.87. The van der Waals surface area contributed by atoms with Gasteiger partial charge in [0.2, 0.25) is 0 Å². The average Bonchev–Trinajstić information content (AvgIpc) is 1.65. The minimum absolute atomic E-state index is 0.0897. The van der Waals surface area contributed by atoms with E-state index in [0.717, 1.165) is 0 Å². The van der Waals surface area contributed by atoms with E-state index in [9.17, 15) is 0 Å². The first-order valence-electron chi connectivity index (χ1n) is 1.65. The zero-order chi connectivity index (χ0) is 6.57. The highest BCUT2D eigenvalue weighted by molar-refractivity contribution is 6.56. The lowest BCUT2D eigenvalue weighted by atomic mass is 10.6. The molecule has 0 amide bonds. The van der Waals surface area contributed by atoms with Crippen molar-refractivity contribution in [3.63, 3.8) is 0 Å². The summed E-state index contributed by atoms with van der Waals surface area (Å²) in [5, 5.41) is 0.312. The molecule has 0 aliphatic carbocycles. The average molecular weight is 192 g/mol. The molecule has 0 fully saturated rings. The fourth-order valence-corrected chi connectivity index (χ4v) is 0.655. The summed E-state index contributed by atoms with van der Waals surface area (Å²) in [6.07, 6.45) is 1.33. The van der Waals surface area contributed by atoms with Crippen molar-refractivity contribution < 1.29 is 0 Å². The van der Waals surface area contributed by atoms with Crippen LogP contribution in [0.4, 0.5) is 0 Å². The molecule has 0 radical (unpaired) electrons. The predicted octanol–water partition coefficient (Wildman–Crippen LogP) is 3.62. The molecule has 0 N–H and O–H groups in total. The predicted molar refractivity (Wildman–Crippen MR) is 39.6 cm³/mol. The molecule has 0 nitrogen and oxygen atoms in total. The van der Waals surface area contributed by atoms with E-state index < -0.39 is 0 Å². The normalized spacial score (nSPS) is 11.2. The third-order valence-electron chi connectivity index (χ3n) is 0.351. The fourth-order valence-electron chi connectivity index (χ4n) is 0.136. The van der Waals surface area contributed by atoms with Crippen LogP contribution in [0.2, 0.25) is 0 Å². The summed E-state index contributed by atoms with van der Waals surface area (Å²) in [6, 6.07) is 0. The zero-order valence-electron chi connectivity index (χ0n) is 3.67.